The molecule has 1 unspecified atom stereocenters. The number of carbonyl (C=O) groups excluding carboxylic acids is 1. The predicted octanol–water partition coefficient (Wildman–Crippen LogP) is 0.376. The van der Waals surface area contributed by atoms with E-state index < -0.39 is 10.1 Å². The molecule has 0 saturated carbocycles. The molecular weight excluding hydrogens is 282 g/mol. The second kappa shape index (κ2) is 6.45. The van der Waals surface area contributed by atoms with Crippen LogP contribution >= 0.6 is 0 Å². The van der Waals surface area contributed by atoms with E-state index in [9.17, 15) is 13.2 Å². The molecule has 110 valence electrons. The number of benzene rings is 1. The first kappa shape index (κ1) is 15.1. The van der Waals surface area contributed by atoms with E-state index in [-0.39, 0.29) is 10.9 Å². The van der Waals surface area contributed by atoms with Crippen molar-refractivity contribution in [1.29, 1.82) is 0 Å². The lowest BCUT2D eigenvalue weighted by atomic mass is 10.1. The van der Waals surface area contributed by atoms with Gasteiger partial charge in [0.05, 0.1) is 24.2 Å². The molecule has 1 atom stereocenters. The molecule has 0 amide bonds. The standard InChI is InChI=1S/C13H17NO5S/c15-10-12(14-5-7-19-8-6-14)9-11-1-3-13(4-2-11)20(16,17)18/h1-4,10,12H,5-9H2,(H,16,17,18). The third-order valence-electron chi connectivity index (χ3n) is 3.34. The van der Waals surface area contributed by atoms with Crippen LogP contribution in [0.1, 0.15) is 5.56 Å². The molecule has 1 saturated heterocycles. The van der Waals surface area contributed by atoms with Crippen molar-refractivity contribution in [2.24, 2.45) is 0 Å². The molecule has 1 aliphatic rings. The summed E-state index contributed by atoms with van der Waals surface area (Å²) >= 11 is 0. The van der Waals surface area contributed by atoms with Gasteiger partial charge in [-0.2, -0.15) is 8.42 Å². The van der Waals surface area contributed by atoms with Crippen molar-refractivity contribution in [2.75, 3.05) is 26.3 Å². The van der Waals surface area contributed by atoms with Crippen molar-refractivity contribution in [3.05, 3.63) is 29.8 Å². The first-order valence-electron chi connectivity index (χ1n) is 6.34. The molecule has 0 aromatic heterocycles. The first-order chi connectivity index (χ1) is 9.50. The second-order valence-corrected chi connectivity index (χ2v) is 6.10. The lowest BCUT2D eigenvalue weighted by molar-refractivity contribution is -0.114. The van der Waals surface area contributed by atoms with Crippen LogP contribution in [0.5, 0.6) is 0 Å². The van der Waals surface area contributed by atoms with Gasteiger partial charge in [-0.25, -0.2) is 0 Å². The van der Waals surface area contributed by atoms with Crippen LogP contribution < -0.4 is 0 Å². The molecule has 0 radical (unpaired) electrons. The van der Waals surface area contributed by atoms with Crippen LogP contribution in [-0.2, 0) is 26.1 Å². The van der Waals surface area contributed by atoms with Gasteiger partial charge in [-0.3, -0.25) is 9.45 Å². The molecule has 2 rings (SSSR count). The maximum atomic E-state index is 11.2. The SMILES string of the molecule is O=CC(Cc1ccc(S(=O)(=O)O)cc1)N1CCOCC1. The molecule has 0 aliphatic carbocycles. The van der Waals surface area contributed by atoms with E-state index in [0.717, 1.165) is 11.8 Å². The maximum Gasteiger partial charge on any atom is 0.294 e. The molecule has 1 N–H and O–H groups in total. The third-order valence-corrected chi connectivity index (χ3v) is 4.21. The van der Waals surface area contributed by atoms with Crippen molar-refractivity contribution in [1.82, 2.24) is 4.90 Å². The number of carbonyl (C=O) groups is 1. The molecule has 7 heteroatoms. The fourth-order valence-electron chi connectivity index (χ4n) is 2.21. The number of rotatable bonds is 5. The summed E-state index contributed by atoms with van der Waals surface area (Å²) in [7, 11) is -4.17. The first-order valence-corrected chi connectivity index (χ1v) is 7.78. The highest BCUT2D eigenvalue weighted by molar-refractivity contribution is 7.85. The van der Waals surface area contributed by atoms with Crippen LogP contribution in [0.4, 0.5) is 0 Å². The molecule has 20 heavy (non-hydrogen) atoms. The zero-order chi connectivity index (χ0) is 14.6. The average molecular weight is 299 g/mol. The number of aldehydes is 1. The van der Waals surface area contributed by atoms with E-state index in [1.165, 1.54) is 12.1 Å². The van der Waals surface area contributed by atoms with Crippen LogP contribution in [0.2, 0.25) is 0 Å². The van der Waals surface area contributed by atoms with Gasteiger partial charge in [-0.15, -0.1) is 0 Å². The smallest absolute Gasteiger partial charge is 0.294 e. The Hall–Kier alpha value is -1.28. The lowest BCUT2D eigenvalue weighted by Crippen LogP contribution is -2.45. The highest BCUT2D eigenvalue weighted by Gasteiger charge is 2.20. The fourth-order valence-corrected chi connectivity index (χ4v) is 2.69. The molecule has 1 aromatic carbocycles. The zero-order valence-electron chi connectivity index (χ0n) is 10.9. The maximum absolute atomic E-state index is 11.2. The minimum absolute atomic E-state index is 0.143. The third kappa shape index (κ3) is 3.86. The Bertz CT molecular complexity index is 549. The quantitative estimate of drug-likeness (QED) is 0.625. The van der Waals surface area contributed by atoms with Crippen molar-refractivity contribution in [3.63, 3.8) is 0 Å². The Balaban J connectivity index is 2.05. The summed E-state index contributed by atoms with van der Waals surface area (Å²) < 4.78 is 36.0. The molecular formula is C13H17NO5S. The average Bonchev–Trinajstić information content (AvgIpc) is 2.45. The molecule has 1 aromatic rings. The van der Waals surface area contributed by atoms with Crippen molar-refractivity contribution < 1.29 is 22.5 Å². The van der Waals surface area contributed by atoms with E-state index in [0.29, 0.717) is 32.7 Å². The summed E-state index contributed by atoms with van der Waals surface area (Å²) in [6, 6.07) is 5.66. The largest absolute Gasteiger partial charge is 0.379 e. The molecule has 0 spiro atoms. The Morgan fingerprint density at radius 2 is 1.85 bits per heavy atom. The number of hydrogen-bond acceptors (Lipinski definition) is 5. The number of hydrogen-bond donors (Lipinski definition) is 1. The molecule has 0 bridgehead atoms. The fraction of sp³-hybridized carbons (Fsp3) is 0.462. The topological polar surface area (TPSA) is 83.9 Å². The van der Waals surface area contributed by atoms with E-state index in [1.807, 2.05) is 4.90 Å². The van der Waals surface area contributed by atoms with Crippen molar-refractivity contribution in [2.45, 2.75) is 17.4 Å². The van der Waals surface area contributed by atoms with Crippen LogP contribution in [0, 0.1) is 0 Å². The number of ether oxygens (including phenoxy) is 1. The Morgan fingerprint density at radius 3 is 2.35 bits per heavy atom. The lowest BCUT2D eigenvalue weighted by Gasteiger charge is -2.31. The molecule has 6 nitrogen and oxygen atoms in total. The van der Waals surface area contributed by atoms with Gasteiger partial charge in [0.15, 0.2) is 0 Å². The van der Waals surface area contributed by atoms with Crippen molar-refractivity contribution in [3.8, 4) is 0 Å². The van der Waals surface area contributed by atoms with Gasteiger partial charge in [0.1, 0.15) is 6.29 Å². The van der Waals surface area contributed by atoms with E-state index in [4.69, 9.17) is 9.29 Å². The minimum atomic E-state index is -4.17. The monoisotopic (exact) mass is 299 g/mol. The summed E-state index contributed by atoms with van der Waals surface area (Å²) in [5.41, 5.74) is 0.848. The minimum Gasteiger partial charge on any atom is -0.379 e. The second-order valence-electron chi connectivity index (χ2n) is 4.67. The summed E-state index contributed by atoms with van der Waals surface area (Å²) in [4.78, 5) is 13.1. The van der Waals surface area contributed by atoms with Gasteiger partial charge in [0, 0.05) is 13.1 Å². The highest BCUT2D eigenvalue weighted by atomic mass is 32.2. The van der Waals surface area contributed by atoms with Gasteiger partial charge in [0.2, 0.25) is 0 Å². The zero-order valence-corrected chi connectivity index (χ0v) is 11.8. The van der Waals surface area contributed by atoms with Gasteiger partial charge in [0.25, 0.3) is 10.1 Å². The van der Waals surface area contributed by atoms with Gasteiger partial charge >= 0.3 is 0 Å². The van der Waals surface area contributed by atoms with Crippen LogP contribution in [0.3, 0.4) is 0 Å². The summed E-state index contributed by atoms with van der Waals surface area (Å²) in [6.45, 7) is 2.66. The van der Waals surface area contributed by atoms with E-state index in [1.54, 1.807) is 12.1 Å². The Kier molecular flexibility index (Phi) is 4.87. The van der Waals surface area contributed by atoms with Gasteiger partial charge in [-0.05, 0) is 24.1 Å². The van der Waals surface area contributed by atoms with Gasteiger partial charge < -0.3 is 9.53 Å². The summed E-state index contributed by atoms with van der Waals surface area (Å²) in [6.07, 6.45) is 1.41. The summed E-state index contributed by atoms with van der Waals surface area (Å²) in [5.74, 6) is 0. The van der Waals surface area contributed by atoms with E-state index >= 15 is 0 Å². The summed E-state index contributed by atoms with van der Waals surface area (Å²) in [5, 5.41) is 0. The van der Waals surface area contributed by atoms with Crippen LogP contribution in [-0.4, -0.2) is 56.5 Å². The Labute approximate surface area is 118 Å². The van der Waals surface area contributed by atoms with Crippen LogP contribution in [0.15, 0.2) is 29.2 Å². The Morgan fingerprint density at radius 1 is 1.25 bits per heavy atom. The molecule has 1 aliphatic heterocycles. The number of morpholine rings is 1. The number of nitrogens with zero attached hydrogens (tertiary/aromatic N) is 1. The predicted molar refractivity (Wildman–Crippen MR) is 72.2 cm³/mol. The molecule has 1 fully saturated rings. The van der Waals surface area contributed by atoms with Crippen LogP contribution in [0.25, 0.3) is 0 Å². The van der Waals surface area contributed by atoms with Gasteiger partial charge in [-0.1, -0.05) is 12.1 Å². The van der Waals surface area contributed by atoms with E-state index in [2.05, 4.69) is 0 Å². The molecule has 1 heterocycles. The van der Waals surface area contributed by atoms with Crippen molar-refractivity contribution >= 4 is 16.4 Å². The normalized spacial score (nSPS) is 18.6. The highest BCUT2D eigenvalue weighted by Crippen LogP contribution is 2.13.